The maximum atomic E-state index is 12.4. The Balaban J connectivity index is 1.55. The van der Waals surface area contributed by atoms with Crippen LogP contribution >= 0.6 is 47.0 Å². The van der Waals surface area contributed by atoms with E-state index < -0.39 is 23.0 Å². The first-order valence-corrected chi connectivity index (χ1v) is 22.5. The molecule has 0 heterocycles. The normalized spacial score (nSPS) is 12.3. The number of carbonyl (C=O) groups is 2. The zero-order valence-electron chi connectivity index (χ0n) is 33.8. The lowest BCUT2D eigenvalue weighted by Crippen LogP contribution is -2.34. The average molecular weight is 867 g/mol. The second kappa shape index (κ2) is 23.2. The van der Waals surface area contributed by atoms with Gasteiger partial charge in [-0.2, -0.15) is 11.8 Å². The third-order valence-electron chi connectivity index (χ3n) is 8.51. The summed E-state index contributed by atoms with van der Waals surface area (Å²) < 4.78 is 47.2. The van der Waals surface area contributed by atoms with Crippen LogP contribution < -0.4 is 28.4 Å². The second-order valence-corrected chi connectivity index (χ2v) is 16.8. The predicted molar refractivity (Wildman–Crippen MR) is 238 cm³/mol. The number of hydrogen-bond donors (Lipinski definition) is 0. The van der Waals surface area contributed by atoms with E-state index in [-0.39, 0.29) is 13.2 Å². The molecule has 0 aliphatic heterocycles. The van der Waals surface area contributed by atoms with E-state index in [1.807, 2.05) is 12.5 Å². The van der Waals surface area contributed by atoms with Crippen molar-refractivity contribution in [2.75, 3.05) is 59.9 Å². The number of hydrogen-bond acceptors (Lipinski definition) is 14. The van der Waals surface area contributed by atoms with Crippen molar-refractivity contribution in [3.63, 3.8) is 0 Å². The van der Waals surface area contributed by atoms with E-state index in [1.165, 1.54) is 50.7 Å². The highest BCUT2D eigenvalue weighted by Crippen LogP contribution is 2.46. The summed E-state index contributed by atoms with van der Waals surface area (Å²) in [4.78, 5) is 25.9. The van der Waals surface area contributed by atoms with Gasteiger partial charge in [0, 0.05) is 39.2 Å². The van der Waals surface area contributed by atoms with Gasteiger partial charge in [0.15, 0.2) is 27.9 Å². The predicted octanol–water partition coefficient (Wildman–Crippen LogP) is 10.00. The Labute approximate surface area is 358 Å². The van der Waals surface area contributed by atoms with Gasteiger partial charge in [-0.25, -0.2) is 9.59 Å². The van der Waals surface area contributed by atoms with Gasteiger partial charge in [-0.15, -0.1) is 35.3 Å². The Bertz CT molecular complexity index is 1940. The molecule has 0 aliphatic carbocycles. The smallest absolute Gasteiger partial charge is 0.331 e. The molecule has 0 bridgehead atoms. The van der Waals surface area contributed by atoms with Crippen molar-refractivity contribution < 1.29 is 47.5 Å². The summed E-state index contributed by atoms with van der Waals surface area (Å²) in [5, 5.41) is 0. The molecular formula is C44H50O10S4. The summed E-state index contributed by atoms with van der Waals surface area (Å²) >= 11 is 6.42. The zero-order chi connectivity index (χ0) is 42.1. The first kappa shape index (κ1) is 46.2. The Kier molecular flexibility index (Phi) is 18.5. The standard InChI is InChI=1S/C44H50O10S4/c1-10-40(45)53-33(27-57-25-29-12-16-34(55-8)17-13-29)24-51-42-36(47-4)20-31(21-37(42)48-5)32-22-38(49-6)43(39(23-32)50-7)52-28-44(3,54-41(46)11-2)58-26-30-14-18-35(56-9)19-15-30/h10-23,33H,1-2,24-28H2,3-9H3. The number of thioether (sulfide) groups is 4. The molecule has 0 saturated heterocycles. The van der Waals surface area contributed by atoms with Crippen LogP contribution in [0.25, 0.3) is 11.1 Å². The molecule has 0 spiro atoms. The topological polar surface area (TPSA) is 108 Å². The van der Waals surface area contributed by atoms with Crippen LogP contribution in [0.3, 0.4) is 0 Å². The van der Waals surface area contributed by atoms with Crippen LogP contribution in [0.5, 0.6) is 34.5 Å². The zero-order valence-corrected chi connectivity index (χ0v) is 37.1. The summed E-state index contributed by atoms with van der Waals surface area (Å²) in [7, 11) is 6.12. The van der Waals surface area contributed by atoms with Crippen molar-refractivity contribution in [3.05, 3.63) is 109 Å². The number of esters is 2. The maximum Gasteiger partial charge on any atom is 0.331 e. The van der Waals surface area contributed by atoms with E-state index in [4.69, 9.17) is 37.9 Å². The van der Waals surface area contributed by atoms with Gasteiger partial charge >= 0.3 is 11.9 Å². The molecule has 0 aromatic heterocycles. The third kappa shape index (κ3) is 13.3. The van der Waals surface area contributed by atoms with Crippen molar-refractivity contribution in [1.29, 1.82) is 0 Å². The van der Waals surface area contributed by atoms with Gasteiger partial charge < -0.3 is 37.9 Å². The molecule has 58 heavy (non-hydrogen) atoms. The molecule has 0 N–H and O–H groups in total. The first-order valence-electron chi connectivity index (χ1n) is 18.0. The lowest BCUT2D eigenvalue weighted by atomic mass is 10.0. The minimum atomic E-state index is -1.09. The van der Waals surface area contributed by atoms with Crippen LogP contribution in [0, 0.1) is 0 Å². The van der Waals surface area contributed by atoms with Crippen molar-refractivity contribution in [3.8, 4) is 45.6 Å². The van der Waals surface area contributed by atoms with E-state index in [2.05, 4.69) is 61.7 Å². The van der Waals surface area contributed by atoms with Gasteiger partial charge in [-0.05, 0) is 90.2 Å². The van der Waals surface area contributed by atoms with Gasteiger partial charge in [0.25, 0.3) is 0 Å². The SMILES string of the molecule is C=CC(=O)OC(COc1c(OC)cc(-c2cc(OC)c(OCC(C)(OC(=O)C=C)SCc3ccc(SC)cc3)c(OC)c2)cc1OC)CSCc1ccc(SC)cc1. The summed E-state index contributed by atoms with van der Waals surface area (Å²) in [6.45, 7) is 8.92. The number of ether oxygens (including phenoxy) is 8. The highest BCUT2D eigenvalue weighted by Gasteiger charge is 2.32. The summed E-state index contributed by atoms with van der Waals surface area (Å²) in [5.41, 5.74) is 3.64. The van der Waals surface area contributed by atoms with E-state index in [1.54, 1.807) is 66.5 Å². The lowest BCUT2D eigenvalue weighted by molar-refractivity contribution is -0.146. The average Bonchev–Trinajstić information content (AvgIpc) is 3.26. The van der Waals surface area contributed by atoms with E-state index >= 15 is 0 Å². The molecule has 4 aromatic carbocycles. The van der Waals surface area contributed by atoms with Crippen LogP contribution in [-0.4, -0.2) is 82.9 Å². The molecule has 2 unspecified atom stereocenters. The Morgan fingerprint density at radius 1 is 0.672 bits per heavy atom. The summed E-state index contributed by atoms with van der Waals surface area (Å²) in [6, 6.07) is 23.8. The molecule has 0 saturated carbocycles. The molecule has 310 valence electrons. The largest absolute Gasteiger partial charge is 0.493 e. The molecule has 0 radical (unpaired) electrons. The maximum absolute atomic E-state index is 12.4. The van der Waals surface area contributed by atoms with Gasteiger partial charge in [0.2, 0.25) is 11.5 Å². The summed E-state index contributed by atoms with van der Waals surface area (Å²) in [5.74, 6) is 2.91. The van der Waals surface area contributed by atoms with Gasteiger partial charge in [-0.3, -0.25) is 0 Å². The van der Waals surface area contributed by atoms with E-state index in [0.717, 1.165) is 28.4 Å². The molecule has 0 amide bonds. The molecule has 4 aromatic rings. The van der Waals surface area contributed by atoms with Gasteiger partial charge in [0.1, 0.15) is 19.3 Å². The number of benzene rings is 4. The van der Waals surface area contributed by atoms with Crippen molar-refractivity contribution in [2.45, 2.75) is 39.3 Å². The third-order valence-corrected chi connectivity index (χ3v) is 12.4. The minimum absolute atomic E-state index is 0.0210. The number of carbonyl (C=O) groups excluding carboxylic acids is 2. The highest BCUT2D eigenvalue weighted by molar-refractivity contribution is 7.99. The summed E-state index contributed by atoms with van der Waals surface area (Å²) in [6.07, 6.45) is 5.75. The van der Waals surface area contributed by atoms with Crippen LogP contribution in [0.4, 0.5) is 0 Å². The fraction of sp³-hybridized carbons (Fsp3) is 0.318. The van der Waals surface area contributed by atoms with Crippen LogP contribution in [-0.2, 0) is 30.6 Å². The number of rotatable bonds is 24. The molecule has 4 rings (SSSR count). The molecule has 0 aliphatic rings. The number of methoxy groups -OCH3 is 4. The fourth-order valence-corrected chi connectivity index (χ4v) is 8.17. The second-order valence-electron chi connectivity index (χ2n) is 12.5. The quantitative estimate of drug-likeness (QED) is 0.0289. The monoisotopic (exact) mass is 866 g/mol. The highest BCUT2D eigenvalue weighted by atomic mass is 32.2. The Hall–Kier alpha value is -4.50. The Morgan fingerprint density at radius 3 is 1.55 bits per heavy atom. The van der Waals surface area contributed by atoms with Gasteiger partial charge in [0.05, 0.1) is 28.4 Å². The van der Waals surface area contributed by atoms with Crippen molar-refractivity contribution in [1.82, 2.24) is 0 Å². The molecule has 0 fully saturated rings. The van der Waals surface area contributed by atoms with Crippen molar-refractivity contribution >= 4 is 59.0 Å². The van der Waals surface area contributed by atoms with Crippen LogP contribution in [0.1, 0.15) is 18.1 Å². The molecule has 14 heteroatoms. The van der Waals surface area contributed by atoms with E-state index in [0.29, 0.717) is 57.1 Å². The van der Waals surface area contributed by atoms with Gasteiger partial charge in [-0.1, -0.05) is 37.4 Å². The van der Waals surface area contributed by atoms with Crippen LogP contribution in [0.15, 0.2) is 108 Å². The first-order chi connectivity index (χ1) is 28.0. The Morgan fingerprint density at radius 2 is 1.12 bits per heavy atom. The van der Waals surface area contributed by atoms with Crippen LogP contribution in [0.2, 0.25) is 0 Å². The fourth-order valence-electron chi connectivity index (χ4n) is 5.43. The van der Waals surface area contributed by atoms with E-state index in [9.17, 15) is 9.59 Å². The molecule has 10 nitrogen and oxygen atoms in total. The molecule has 2 atom stereocenters. The van der Waals surface area contributed by atoms with Crippen molar-refractivity contribution in [2.24, 2.45) is 0 Å². The molecular weight excluding hydrogens is 817 g/mol. The minimum Gasteiger partial charge on any atom is -0.493 e. The lowest BCUT2D eigenvalue weighted by Gasteiger charge is -2.29.